The van der Waals surface area contributed by atoms with Crippen LogP contribution in [-0.4, -0.2) is 6.54 Å². The molecule has 1 N–H and O–H groups in total. The van der Waals surface area contributed by atoms with Gasteiger partial charge in [0.1, 0.15) is 0 Å². The van der Waals surface area contributed by atoms with Gasteiger partial charge < -0.3 is 5.32 Å². The van der Waals surface area contributed by atoms with E-state index in [4.69, 9.17) is 5.26 Å². The number of halogens is 1. The van der Waals surface area contributed by atoms with Crippen LogP contribution in [0.15, 0.2) is 22.7 Å². The lowest BCUT2D eigenvalue weighted by Crippen LogP contribution is -2.16. The van der Waals surface area contributed by atoms with E-state index in [-0.39, 0.29) is 0 Å². The Hall–Kier alpha value is -1.01. The highest BCUT2D eigenvalue weighted by Crippen LogP contribution is 2.31. The fourth-order valence-corrected chi connectivity index (χ4v) is 3.02. The highest BCUT2D eigenvalue weighted by molar-refractivity contribution is 9.10. The fourth-order valence-electron chi connectivity index (χ4n) is 2.53. The Kier molecular flexibility index (Phi) is 4.06. The Morgan fingerprint density at radius 1 is 1.41 bits per heavy atom. The molecular formula is C14H17BrN2. The maximum Gasteiger partial charge on any atom is 0.0992 e. The van der Waals surface area contributed by atoms with Crippen LogP contribution in [0.5, 0.6) is 0 Å². The lowest BCUT2D eigenvalue weighted by molar-refractivity contribution is 0.439. The van der Waals surface area contributed by atoms with Crippen LogP contribution in [0.25, 0.3) is 0 Å². The molecule has 0 amide bonds. The normalized spacial score (nSPS) is 23.4. The van der Waals surface area contributed by atoms with Gasteiger partial charge in [0.05, 0.1) is 11.6 Å². The van der Waals surface area contributed by atoms with Gasteiger partial charge in [-0.2, -0.15) is 5.26 Å². The first-order valence-corrected chi connectivity index (χ1v) is 6.93. The molecule has 0 radical (unpaired) electrons. The molecule has 2 atom stereocenters. The number of hydrogen-bond donors (Lipinski definition) is 1. The average Bonchev–Trinajstić information content (AvgIpc) is 2.71. The van der Waals surface area contributed by atoms with Crippen molar-refractivity contribution in [3.05, 3.63) is 28.2 Å². The van der Waals surface area contributed by atoms with Crippen molar-refractivity contribution in [1.29, 1.82) is 5.26 Å². The highest BCUT2D eigenvalue weighted by atomic mass is 79.9. The second-order valence-corrected chi connectivity index (χ2v) is 5.81. The summed E-state index contributed by atoms with van der Waals surface area (Å²) in [6, 6.07) is 7.95. The zero-order chi connectivity index (χ0) is 12.3. The van der Waals surface area contributed by atoms with E-state index in [1.807, 2.05) is 18.2 Å². The van der Waals surface area contributed by atoms with Crippen molar-refractivity contribution in [2.45, 2.75) is 26.2 Å². The van der Waals surface area contributed by atoms with Crippen LogP contribution >= 0.6 is 15.9 Å². The molecule has 1 saturated carbocycles. The number of nitrogens with zero attached hydrogens (tertiary/aromatic N) is 1. The summed E-state index contributed by atoms with van der Waals surface area (Å²) in [5, 5.41) is 12.4. The van der Waals surface area contributed by atoms with Gasteiger partial charge in [-0.25, -0.2) is 0 Å². The molecule has 1 aliphatic carbocycles. The minimum Gasteiger partial charge on any atom is -0.385 e. The van der Waals surface area contributed by atoms with Gasteiger partial charge in [0.2, 0.25) is 0 Å². The molecule has 0 bridgehead atoms. The molecule has 0 heterocycles. The number of nitriles is 1. The van der Waals surface area contributed by atoms with Crippen molar-refractivity contribution in [1.82, 2.24) is 0 Å². The van der Waals surface area contributed by atoms with E-state index in [9.17, 15) is 0 Å². The molecule has 0 aliphatic heterocycles. The van der Waals surface area contributed by atoms with Gasteiger partial charge in [0.25, 0.3) is 0 Å². The Labute approximate surface area is 111 Å². The smallest absolute Gasteiger partial charge is 0.0992 e. The number of rotatable bonds is 3. The molecule has 1 fully saturated rings. The summed E-state index contributed by atoms with van der Waals surface area (Å²) in [5.74, 6) is 1.60. The first kappa shape index (κ1) is 12.4. The largest absolute Gasteiger partial charge is 0.385 e. The second-order valence-electron chi connectivity index (χ2n) is 4.89. The first-order chi connectivity index (χ1) is 8.19. The summed E-state index contributed by atoms with van der Waals surface area (Å²) in [7, 11) is 0. The SMILES string of the molecule is CC1CCCC1CNc1cc(Br)cc(C#N)c1. The lowest BCUT2D eigenvalue weighted by Gasteiger charge is -2.17. The van der Waals surface area contributed by atoms with Gasteiger partial charge >= 0.3 is 0 Å². The number of hydrogen-bond acceptors (Lipinski definition) is 2. The molecular weight excluding hydrogens is 276 g/mol. The van der Waals surface area contributed by atoms with Crippen LogP contribution in [-0.2, 0) is 0 Å². The summed E-state index contributed by atoms with van der Waals surface area (Å²) >= 11 is 3.43. The highest BCUT2D eigenvalue weighted by Gasteiger charge is 2.22. The average molecular weight is 293 g/mol. The van der Waals surface area contributed by atoms with Gasteiger partial charge in [-0.05, 0) is 36.5 Å². The number of anilines is 1. The third-order valence-corrected chi connectivity index (χ3v) is 4.09. The molecule has 0 aromatic heterocycles. The van der Waals surface area contributed by atoms with Crippen LogP contribution in [0.3, 0.4) is 0 Å². The van der Waals surface area contributed by atoms with Gasteiger partial charge in [-0.1, -0.05) is 35.7 Å². The summed E-state index contributed by atoms with van der Waals surface area (Å²) in [6.07, 6.45) is 4.04. The van der Waals surface area contributed by atoms with E-state index in [2.05, 4.69) is 34.2 Å². The molecule has 0 saturated heterocycles. The predicted molar refractivity (Wildman–Crippen MR) is 73.9 cm³/mol. The maximum atomic E-state index is 8.91. The van der Waals surface area contributed by atoms with E-state index < -0.39 is 0 Å². The maximum absolute atomic E-state index is 8.91. The zero-order valence-electron chi connectivity index (χ0n) is 10.0. The quantitative estimate of drug-likeness (QED) is 0.908. The van der Waals surface area contributed by atoms with Crippen molar-refractivity contribution >= 4 is 21.6 Å². The molecule has 3 heteroatoms. The van der Waals surface area contributed by atoms with Crippen LogP contribution in [0.1, 0.15) is 31.7 Å². The zero-order valence-corrected chi connectivity index (χ0v) is 11.6. The molecule has 2 rings (SSSR count). The molecule has 1 aromatic rings. The van der Waals surface area contributed by atoms with Gasteiger partial charge in [-0.3, -0.25) is 0 Å². The predicted octanol–water partition coefficient (Wildman–Crippen LogP) is 4.17. The standard InChI is InChI=1S/C14H17BrN2/c1-10-3-2-4-12(10)9-17-14-6-11(8-16)5-13(15)7-14/h5-7,10,12,17H,2-4,9H2,1H3. The molecule has 1 aliphatic rings. The molecule has 0 spiro atoms. The summed E-state index contributed by atoms with van der Waals surface area (Å²) in [6.45, 7) is 3.35. The molecule has 17 heavy (non-hydrogen) atoms. The Bertz CT molecular complexity index is 436. The van der Waals surface area contributed by atoms with Crippen molar-refractivity contribution < 1.29 is 0 Å². The van der Waals surface area contributed by atoms with E-state index in [0.717, 1.165) is 28.5 Å². The van der Waals surface area contributed by atoms with Crippen LogP contribution < -0.4 is 5.32 Å². The minimum atomic E-state index is 0.696. The molecule has 2 unspecified atom stereocenters. The van der Waals surface area contributed by atoms with Crippen molar-refractivity contribution in [2.75, 3.05) is 11.9 Å². The van der Waals surface area contributed by atoms with E-state index in [1.165, 1.54) is 19.3 Å². The van der Waals surface area contributed by atoms with E-state index in [0.29, 0.717) is 5.56 Å². The minimum absolute atomic E-state index is 0.696. The molecule has 1 aromatic carbocycles. The first-order valence-electron chi connectivity index (χ1n) is 6.13. The fraction of sp³-hybridized carbons (Fsp3) is 0.500. The summed E-state index contributed by atoms with van der Waals surface area (Å²) < 4.78 is 0.957. The van der Waals surface area contributed by atoms with Gasteiger partial charge in [-0.15, -0.1) is 0 Å². The Morgan fingerprint density at radius 2 is 2.24 bits per heavy atom. The van der Waals surface area contributed by atoms with Crippen molar-refractivity contribution in [3.63, 3.8) is 0 Å². The Morgan fingerprint density at radius 3 is 2.88 bits per heavy atom. The molecule has 90 valence electrons. The monoisotopic (exact) mass is 292 g/mol. The third kappa shape index (κ3) is 3.23. The topological polar surface area (TPSA) is 35.8 Å². The van der Waals surface area contributed by atoms with Crippen LogP contribution in [0.4, 0.5) is 5.69 Å². The van der Waals surface area contributed by atoms with Gasteiger partial charge in [0, 0.05) is 16.7 Å². The van der Waals surface area contributed by atoms with Crippen LogP contribution in [0, 0.1) is 23.2 Å². The Balaban J connectivity index is 1.99. The van der Waals surface area contributed by atoms with Crippen molar-refractivity contribution in [3.8, 4) is 6.07 Å². The lowest BCUT2D eigenvalue weighted by atomic mass is 9.98. The van der Waals surface area contributed by atoms with E-state index in [1.54, 1.807) is 0 Å². The molecule has 2 nitrogen and oxygen atoms in total. The third-order valence-electron chi connectivity index (χ3n) is 3.63. The van der Waals surface area contributed by atoms with Gasteiger partial charge in [0.15, 0.2) is 0 Å². The summed E-state index contributed by atoms with van der Waals surface area (Å²) in [4.78, 5) is 0. The summed E-state index contributed by atoms with van der Waals surface area (Å²) in [5.41, 5.74) is 1.73. The van der Waals surface area contributed by atoms with Crippen molar-refractivity contribution in [2.24, 2.45) is 11.8 Å². The van der Waals surface area contributed by atoms with E-state index >= 15 is 0 Å². The number of nitrogens with one attached hydrogen (secondary N) is 1. The van der Waals surface area contributed by atoms with Crippen LogP contribution in [0.2, 0.25) is 0 Å². The number of benzene rings is 1. The second kappa shape index (κ2) is 5.55.